The Morgan fingerprint density at radius 2 is 1.83 bits per heavy atom. The van der Waals surface area contributed by atoms with E-state index in [-0.39, 0.29) is 5.57 Å². The molecule has 30 heavy (non-hydrogen) atoms. The minimum absolute atomic E-state index is 0.0387. The van der Waals surface area contributed by atoms with E-state index < -0.39 is 5.91 Å². The van der Waals surface area contributed by atoms with Crippen LogP contribution in [0.25, 0.3) is 6.08 Å². The van der Waals surface area contributed by atoms with Crippen LogP contribution in [0.4, 0.5) is 5.69 Å². The van der Waals surface area contributed by atoms with Gasteiger partial charge in [-0.3, -0.25) is 4.79 Å². The summed E-state index contributed by atoms with van der Waals surface area (Å²) in [6.45, 7) is 2.14. The summed E-state index contributed by atoms with van der Waals surface area (Å²) in [4.78, 5) is 12.6. The van der Waals surface area contributed by atoms with Crippen LogP contribution in [0.3, 0.4) is 0 Å². The summed E-state index contributed by atoms with van der Waals surface area (Å²) in [5.74, 6) is 0.0493. The van der Waals surface area contributed by atoms with Gasteiger partial charge in [-0.25, -0.2) is 0 Å². The number of hydrogen-bond acceptors (Lipinski definition) is 3. The second kappa shape index (κ2) is 9.98. The molecule has 3 aromatic rings. The lowest BCUT2D eigenvalue weighted by Gasteiger charge is -2.11. The summed E-state index contributed by atoms with van der Waals surface area (Å²) in [7, 11) is 0. The van der Waals surface area contributed by atoms with E-state index in [1.54, 1.807) is 36.4 Å². The van der Waals surface area contributed by atoms with E-state index in [0.717, 1.165) is 11.1 Å². The molecule has 0 bridgehead atoms. The molecule has 0 heterocycles. The van der Waals surface area contributed by atoms with Crippen molar-refractivity contribution in [2.45, 2.75) is 13.5 Å². The average Bonchev–Trinajstić information content (AvgIpc) is 2.73. The molecule has 0 aliphatic rings. The fraction of sp³-hybridized carbons (Fsp3) is 0.0833. The number of nitriles is 1. The highest BCUT2D eigenvalue weighted by Crippen LogP contribution is 2.24. The molecule has 3 aromatic carbocycles. The van der Waals surface area contributed by atoms with Crippen LogP contribution in [-0.4, -0.2) is 5.91 Å². The summed E-state index contributed by atoms with van der Waals surface area (Å²) < 4.78 is 5.89. The van der Waals surface area contributed by atoms with Gasteiger partial charge in [0.05, 0.1) is 0 Å². The molecule has 0 saturated heterocycles. The van der Waals surface area contributed by atoms with Crippen LogP contribution in [0.5, 0.6) is 5.75 Å². The minimum atomic E-state index is -0.507. The third-order valence-corrected chi connectivity index (χ3v) is 4.77. The molecule has 0 radical (unpaired) electrons. The highest BCUT2D eigenvalue weighted by atomic mass is 35.5. The molecule has 150 valence electrons. The zero-order valence-electron chi connectivity index (χ0n) is 16.2. The molecular formula is C24H18Cl2N2O2. The predicted molar refractivity (Wildman–Crippen MR) is 121 cm³/mol. The van der Waals surface area contributed by atoms with Crippen molar-refractivity contribution in [2.75, 3.05) is 5.32 Å². The molecule has 0 fully saturated rings. The molecular weight excluding hydrogens is 419 g/mol. The largest absolute Gasteiger partial charge is 0.488 e. The van der Waals surface area contributed by atoms with E-state index >= 15 is 0 Å². The number of benzene rings is 3. The highest BCUT2D eigenvalue weighted by molar-refractivity contribution is 6.31. The van der Waals surface area contributed by atoms with Crippen LogP contribution in [0.1, 0.15) is 16.7 Å². The second-order valence-corrected chi connectivity index (χ2v) is 7.41. The molecule has 0 saturated carbocycles. The maximum Gasteiger partial charge on any atom is 0.266 e. The van der Waals surface area contributed by atoms with Gasteiger partial charge in [0.2, 0.25) is 0 Å². The maximum absolute atomic E-state index is 12.6. The lowest BCUT2D eigenvalue weighted by molar-refractivity contribution is -0.112. The van der Waals surface area contributed by atoms with Gasteiger partial charge in [0.25, 0.3) is 5.91 Å². The average molecular weight is 437 g/mol. The Labute approximate surface area is 185 Å². The van der Waals surface area contributed by atoms with Gasteiger partial charge in [-0.1, -0.05) is 53.5 Å². The van der Waals surface area contributed by atoms with E-state index in [4.69, 9.17) is 27.9 Å². The number of anilines is 1. The van der Waals surface area contributed by atoms with Crippen LogP contribution < -0.4 is 10.1 Å². The summed E-state index contributed by atoms with van der Waals surface area (Å²) >= 11 is 12.0. The van der Waals surface area contributed by atoms with Gasteiger partial charge in [-0.2, -0.15) is 5.26 Å². The normalized spacial score (nSPS) is 10.9. The Kier molecular flexibility index (Phi) is 7.13. The van der Waals surface area contributed by atoms with Gasteiger partial charge in [0.1, 0.15) is 24.0 Å². The molecule has 6 heteroatoms. The fourth-order valence-corrected chi connectivity index (χ4v) is 3.22. The Morgan fingerprint density at radius 1 is 1.07 bits per heavy atom. The van der Waals surface area contributed by atoms with E-state index in [1.807, 2.05) is 43.3 Å². The van der Waals surface area contributed by atoms with Crippen molar-refractivity contribution in [1.29, 1.82) is 5.26 Å². The molecule has 1 amide bonds. The van der Waals surface area contributed by atoms with E-state index in [1.165, 1.54) is 6.08 Å². The summed E-state index contributed by atoms with van der Waals surface area (Å²) in [5.41, 5.74) is 2.90. The Bertz CT molecular complexity index is 1150. The zero-order chi connectivity index (χ0) is 21.5. The monoisotopic (exact) mass is 436 g/mol. The van der Waals surface area contributed by atoms with Crippen molar-refractivity contribution < 1.29 is 9.53 Å². The topological polar surface area (TPSA) is 62.1 Å². The first-order chi connectivity index (χ1) is 14.5. The van der Waals surface area contributed by atoms with Gasteiger partial charge >= 0.3 is 0 Å². The fourth-order valence-electron chi connectivity index (χ4n) is 2.78. The lowest BCUT2D eigenvalue weighted by Crippen LogP contribution is -2.14. The third kappa shape index (κ3) is 5.64. The van der Waals surface area contributed by atoms with Gasteiger partial charge in [0.15, 0.2) is 0 Å². The standard InChI is InChI=1S/C24H18Cl2N2O2/c1-16-11-21(26)9-10-22(16)28-24(29)19(14-27)13-18-6-2-3-8-23(18)30-15-17-5-4-7-20(25)12-17/h2-13H,15H2,1H3,(H,28,29)/b19-13+. The number of halogens is 2. The van der Waals surface area contributed by atoms with Crippen molar-refractivity contribution in [3.05, 3.63) is 99.0 Å². The van der Waals surface area contributed by atoms with Crippen LogP contribution in [-0.2, 0) is 11.4 Å². The van der Waals surface area contributed by atoms with Gasteiger partial charge < -0.3 is 10.1 Å². The van der Waals surface area contributed by atoms with Gasteiger partial charge in [-0.15, -0.1) is 0 Å². The quantitative estimate of drug-likeness (QED) is 0.357. The summed E-state index contributed by atoms with van der Waals surface area (Å²) in [6.07, 6.45) is 1.51. The molecule has 1 N–H and O–H groups in total. The van der Waals surface area contributed by atoms with Crippen LogP contribution in [0.2, 0.25) is 10.0 Å². The number of hydrogen-bond donors (Lipinski definition) is 1. The van der Waals surface area contributed by atoms with Crippen LogP contribution in [0.15, 0.2) is 72.3 Å². The number of nitrogens with one attached hydrogen (secondary N) is 1. The molecule has 0 aromatic heterocycles. The zero-order valence-corrected chi connectivity index (χ0v) is 17.7. The van der Waals surface area contributed by atoms with Crippen LogP contribution >= 0.6 is 23.2 Å². The number of carbonyl (C=O) groups is 1. The smallest absolute Gasteiger partial charge is 0.266 e. The number of amides is 1. The SMILES string of the molecule is Cc1cc(Cl)ccc1NC(=O)/C(C#N)=C/c1ccccc1OCc1cccc(Cl)c1. The lowest BCUT2D eigenvalue weighted by atomic mass is 10.1. The molecule has 4 nitrogen and oxygen atoms in total. The van der Waals surface area contributed by atoms with Crippen LogP contribution in [0, 0.1) is 18.3 Å². The number of ether oxygens (including phenoxy) is 1. The van der Waals surface area contributed by atoms with Crippen molar-refractivity contribution in [2.24, 2.45) is 0 Å². The first-order valence-electron chi connectivity index (χ1n) is 9.12. The number of aryl methyl sites for hydroxylation is 1. The van der Waals surface area contributed by atoms with E-state index in [2.05, 4.69) is 5.32 Å². The number of rotatable bonds is 6. The Morgan fingerprint density at radius 3 is 2.57 bits per heavy atom. The van der Waals surface area contributed by atoms with E-state index in [0.29, 0.717) is 33.7 Å². The number of para-hydroxylation sites is 1. The number of nitrogens with zero attached hydrogens (tertiary/aromatic N) is 1. The van der Waals surface area contributed by atoms with Crippen molar-refractivity contribution in [3.63, 3.8) is 0 Å². The predicted octanol–water partition coefficient (Wildman–Crippen LogP) is 6.43. The van der Waals surface area contributed by atoms with Gasteiger partial charge in [-0.05, 0) is 60.5 Å². The van der Waals surface area contributed by atoms with Crippen molar-refractivity contribution in [3.8, 4) is 11.8 Å². The molecule has 0 aliphatic carbocycles. The third-order valence-electron chi connectivity index (χ3n) is 4.30. The Balaban J connectivity index is 1.80. The maximum atomic E-state index is 12.6. The highest BCUT2D eigenvalue weighted by Gasteiger charge is 2.13. The van der Waals surface area contributed by atoms with Gasteiger partial charge in [0, 0.05) is 21.3 Å². The molecule has 0 aliphatic heterocycles. The summed E-state index contributed by atoms with van der Waals surface area (Å²) in [5, 5.41) is 13.5. The molecule has 0 atom stereocenters. The molecule has 3 rings (SSSR count). The first kappa shape index (κ1) is 21.4. The Hall–Kier alpha value is -3.26. The molecule has 0 unspecified atom stereocenters. The van der Waals surface area contributed by atoms with Crippen molar-refractivity contribution in [1.82, 2.24) is 0 Å². The summed E-state index contributed by atoms with van der Waals surface area (Å²) in [6, 6.07) is 21.7. The second-order valence-electron chi connectivity index (χ2n) is 6.54. The number of carbonyl (C=O) groups excluding carboxylic acids is 1. The van der Waals surface area contributed by atoms with Crippen molar-refractivity contribution >= 4 is 40.9 Å². The molecule has 0 spiro atoms. The minimum Gasteiger partial charge on any atom is -0.488 e. The first-order valence-corrected chi connectivity index (χ1v) is 9.87. The van der Waals surface area contributed by atoms with E-state index in [9.17, 15) is 10.1 Å².